The Hall–Kier alpha value is -3.28. The summed E-state index contributed by atoms with van der Waals surface area (Å²) in [6.07, 6.45) is 4.26. The van der Waals surface area contributed by atoms with Gasteiger partial charge in [0.15, 0.2) is 0 Å². The highest BCUT2D eigenvalue weighted by molar-refractivity contribution is 5.90. The Morgan fingerprint density at radius 1 is 1.03 bits per heavy atom. The third kappa shape index (κ3) is 5.26. The average molecular weight is 423 g/mol. The molecule has 1 heterocycles. The Morgan fingerprint density at radius 3 is 2.48 bits per heavy atom. The molecule has 0 unspecified atom stereocenters. The number of carbonyl (C=O) groups is 1. The van der Waals surface area contributed by atoms with E-state index in [4.69, 9.17) is 4.74 Å². The smallest absolute Gasteiger partial charge is 0.338 e. The zero-order chi connectivity index (χ0) is 22.2. The predicted octanol–water partition coefficient (Wildman–Crippen LogP) is 5.08. The quantitative estimate of drug-likeness (QED) is 0.352. The Labute approximate surface area is 182 Å². The second kappa shape index (κ2) is 10.7. The van der Waals surface area contributed by atoms with Crippen LogP contribution in [-0.2, 0) is 17.8 Å². The van der Waals surface area contributed by atoms with Crippen LogP contribution in [0.25, 0.3) is 10.9 Å². The lowest BCUT2D eigenvalue weighted by Gasteiger charge is -2.16. The number of unbranched alkanes of at least 4 members (excludes halogenated alkanes) is 3. The first-order chi connectivity index (χ1) is 15.1. The molecule has 0 aliphatic carbocycles. The minimum Gasteiger partial charge on any atom is -0.507 e. The lowest BCUT2D eigenvalue weighted by atomic mass is 10.1. The molecule has 0 aliphatic heterocycles. The fourth-order valence-electron chi connectivity index (χ4n) is 3.65. The van der Waals surface area contributed by atoms with Gasteiger partial charge in [-0.15, -0.1) is 0 Å². The molecule has 0 amide bonds. The van der Waals surface area contributed by atoms with Crippen molar-refractivity contribution in [2.24, 2.45) is 0 Å². The van der Waals surface area contributed by atoms with E-state index in [2.05, 4.69) is 12.2 Å². The number of pyridine rings is 1. The number of hydrogen-bond donors (Lipinski definition) is 2. The van der Waals surface area contributed by atoms with Gasteiger partial charge in [0.1, 0.15) is 5.75 Å². The van der Waals surface area contributed by atoms with E-state index in [9.17, 15) is 14.7 Å². The van der Waals surface area contributed by atoms with Gasteiger partial charge < -0.3 is 19.7 Å². The van der Waals surface area contributed by atoms with Crippen molar-refractivity contribution in [3.05, 3.63) is 70.0 Å². The number of ether oxygens (including phenoxy) is 1. The van der Waals surface area contributed by atoms with Crippen molar-refractivity contribution < 1.29 is 14.6 Å². The fraction of sp³-hybridized carbons (Fsp3) is 0.360. The van der Waals surface area contributed by atoms with Crippen LogP contribution in [0.1, 0.15) is 55.5 Å². The van der Waals surface area contributed by atoms with E-state index in [-0.39, 0.29) is 23.8 Å². The first-order valence-corrected chi connectivity index (χ1v) is 10.9. The second-order valence-electron chi connectivity index (χ2n) is 7.51. The van der Waals surface area contributed by atoms with E-state index < -0.39 is 0 Å². The lowest BCUT2D eigenvalue weighted by molar-refractivity contribution is 0.0526. The summed E-state index contributed by atoms with van der Waals surface area (Å²) in [6.45, 7) is 5.06. The van der Waals surface area contributed by atoms with Crippen molar-refractivity contribution >= 4 is 22.6 Å². The van der Waals surface area contributed by atoms with Gasteiger partial charge in [-0.25, -0.2) is 4.79 Å². The van der Waals surface area contributed by atoms with E-state index in [0.717, 1.165) is 36.9 Å². The molecule has 2 N–H and O–H groups in total. The largest absolute Gasteiger partial charge is 0.507 e. The van der Waals surface area contributed by atoms with Crippen LogP contribution in [0.2, 0.25) is 0 Å². The molecule has 0 atom stereocenters. The number of aromatic hydroxyl groups is 1. The molecule has 164 valence electrons. The number of aromatic nitrogens is 1. The molecule has 0 aliphatic rings. The van der Waals surface area contributed by atoms with Gasteiger partial charge in [0.25, 0.3) is 5.56 Å². The van der Waals surface area contributed by atoms with Gasteiger partial charge in [0, 0.05) is 24.2 Å². The van der Waals surface area contributed by atoms with E-state index in [1.165, 1.54) is 0 Å². The van der Waals surface area contributed by atoms with Gasteiger partial charge in [0.2, 0.25) is 0 Å². The number of esters is 1. The van der Waals surface area contributed by atoms with E-state index in [1.54, 1.807) is 35.8 Å². The molecule has 3 aromatic rings. The number of nitrogens with one attached hydrogen (secondary N) is 1. The number of aryl methyl sites for hydroxylation is 1. The summed E-state index contributed by atoms with van der Waals surface area (Å²) >= 11 is 0. The van der Waals surface area contributed by atoms with Crippen LogP contribution >= 0.6 is 0 Å². The molecule has 1 aromatic heterocycles. The van der Waals surface area contributed by atoms with Crippen molar-refractivity contribution in [3.8, 4) is 5.75 Å². The Balaban J connectivity index is 1.84. The van der Waals surface area contributed by atoms with Crippen molar-refractivity contribution in [2.45, 2.75) is 52.6 Å². The maximum atomic E-state index is 13.2. The van der Waals surface area contributed by atoms with Crippen molar-refractivity contribution in [1.29, 1.82) is 0 Å². The monoisotopic (exact) mass is 422 g/mol. The van der Waals surface area contributed by atoms with Crippen molar-refractivity contribution in [3.63, 3.8) is 0 Å². The topological polar surface area (TPSA) is 80.6 Å². The van der Waals surface area contributed by atoms with Crippen LogP contribution in [0, 0.1) is 0 Å². The molecule has 31 heavy (non-hydrogen) atoms. The minimum absolute atomic E-state index is 0.0149. The van der Waals surface area contributed by atoms with Gasteiger partial charge in [-0.1, -0.05) is 38.3 Å². The Morgan fingerprint density at radius 2 is 1.77 bits per heavy atom. The van der Waals surface area contributed by atoms with Crippen LogP contribution in [0.3, 0.4) is 0 Å². The van der Waals surface area contributed by atoms with Crippen molar-refractivity contribution in [1.82, 2.24) is 4.57 Å². The number of benzene rings is 2. The maximum absolute atomic E-state index is 13.2. The normalized spacial score (nSPS) is 10.9. The number of nitrogens with zero attached hydrogens (tertiary/aromatic N) is 1. The number of rotatable bonds is 10. The number of fused-ring (bicyclic) bond motifs is 1. The SMILES string of the molecule is CCCCCCn1c(=O)c(CNc2ccc(C(=O)OCC)cc2)c(O)c2ccccc21. The number of carbonyl (C=O) groups excluding carboxylic acids is 1. The summed E-state index contributed by atoms with van der Waals surface area (Å²) in [5, 5.41) is 14.7. The van der Waals surface area contributed by atoms with Crippen LogP contribution < -0.4 is 10.9 Å². The maximum Gasteiger partial charge on any atom is 0.338 e. The zero-order valence-electron chi connectivity index (χ0n) is 18.2. The molecule has 0 radical (unpaired) electrons. The highest BCUT2D eigenvalue weighted by atomic mass is 16.5. The number of para-hydroxylation sites is 1. The Kier molecular flexibility index (Phi) is 7.70. The summed E-state index contributed by atoms with van der Waals surface area (Å²) in [7, 11) is 0. The summed E-state index contributed by atoms with van der Waals surface area (Å²) in [6, 6.07) is 14.3. The highest BCUT2D eigenvalue weighted by Crippen LogP contribution is 2.27. The molecule has 3 rings (SSSR count). The van der Waals surface area contributed by atoms with Gasteiger partial charge in [-0.2, -0.15) is 0 Å². The summed E-state index contributed by atoms with van der Waals surface area (Å²) < 4.78 is 6.76. The first kappa shape index (κ1) is 22.4. The summed E-state index contributed by atoms with van der Waals surface area (Å²) in [4.78, 5) is 25.0. The van der Waals surface area contributed by atoms with Gasteiger partial charge in [-0.05, 0) is 49.7 Å². The minimum atomic E-state index is -0.368. The summed E-state index contributed by atoms with van der Waals surface area (Å²) in [5.41, 5.74) is 2.13. The highest BCUT2D eigenvalue weighted by Gasteiger charge is 2.16. The Bertz CT molecular complexity index is 1090. The van der Waals surface area contributed by atoms with Crippen LogP contribution in [0.5, 0.6) is 5.75 Å². The molecular formula is C25H30N2O4. The lowest BCUT2D eigenvalue weighted by Crippen LogP contribution is -2.26. The molecule has 6 nitrogen and oxygen atoms in total. The van der Waals surface area contributed by atoms with E-state index in [1.807, 2.05) is 24.3 Å². The molecule has 0 bridgehead atoms. The molecular weight excluding hydrogens is 392 g/mol. The summed E-state index contributed by atoms with van der Waals surface area (Å²) in [5.74, 6) is -0.353. The standard InChI is InChI=1S/C25H30N2O4/c1-3-5-6-9-16-27-22-11-8-7-10-20(22)23(28)21(24(27)29)17-26-19-14-12-18(13-15-19)25(30)31-4-2/h7-8,10-15,26,28H,3-6,9,16-17H2,1-2H3. The van der Waals surface area contributed by atoms with Crippen LogP contribution in [0.15, 0.2) is 53.3 Å². The van der Waals surface area contributed by atoms with E-state index >= 15 is 0 Å². The van der Waals surface area contributed by atoms with Gasteiger partial charge >= 0.3 is 5.97 Å². The third-order valence-corrected chi connectivity index (χ3v) is 5.34. The van der Waals surface area contributed by atoms with Crippen molar-refractivity contribution in [2.75, 3.05) is 11.9 Å². The molecule has 2 aromatic carbocycles. The number of hydrogen-bond acceptors (Lipinski definition) is 5. The second-order valence-corrected chi connectivity index (χ2v) is 7.51. The predicted molar refractivity (Wildman–Crippen MR) is 124 cm³/mol. The van der Waals surface area contributed by atoms with Gasteiger partial charge in [-0.3, -0.25) is 4.79 Å². The average Bonchev–Trinajstić information content (AvgIpc) is 2.79. The fourth-order valence-corrected chi connectivity index (χ4v) is 3.65. The van der Waals surface area contributed by atoms with Crippen LogP contribution in [-0.4, -0.2) is 22.2 Å². The first-order valence-electron chi connectivity index (χ1n) is 10.9. The molecule has 0 fully saturated rings. The van der Waals surface area contributed by atoms with E-state index in [0.29, 0.717) is 29.7 Å². The third-order valence-electron chi connectivity index (χ3n) is 5.34. The molecule has 6 heteroatoms. The number of anilines is 1. The van der Waals surface area contributed by atoms with Crippen LogP contribution in [0.4, 0.5) is 5.69 Å². The molecule has 0 saturated carbocycles. The zero-order valence-corrected chi connectivity index (χ0v) is 18.2. The molecule has 0 spiro atoms. The van der Waals surface area contributed by atoms with Gasteiger partial charge in [0.05, 0.1) is 23.3 Å². The molecule has 0 saturated heterocycles.